The molecule has 0 bridgehead atoms. The van der Waals surface area contributed by atoms with E-state index in [2.05, 4.69) is 0 Å². The molecular formula is C16H8F6O. The van der Waals surface area contributed by atoms with Crippen LogP contribution in [0.15, 0.2) is 53.1 Å². The van der Waals surface area contributed by atoms with Gasteiger partial charge in [0.15, 0.2) is 0 Å². The average molecular weight is 330 g/mol. The summed E-state index contributed by atoms with van der Waals surface area (Å²) < 4.78 is 82.9. The summed E-state index contributed by atoms with van der Waals surface area (Å²) in [5.74, 6) is -0.110. The predicted octanol–water partition coefficient (Wildman–Crippen LogP) is 6.14. The Bertz CT molecular complexity index is 857. The van der Waals surface area contributed by atoms with Gasteiger partial charge in [0.2, 0.25) is 0 Å². The summed E-state index contributed by atoms with van der Waals surface area (Å²) in [5, 5.41) is 0.966. The van der Waals surface area contributed by atoms with Crippen LogP contribution in [-0.4, -0.2) is 0 Å². The summed E-state index contributed by atoms with van der Waals surface area (Å²) in [4.78, 5) is 0. The molecule has 0 unspecified atom stereocenters. The predicted molar refractivity (Wildman–Crippen MR) is 71.7 cm³/mol. The zero-order valence-electron chi connectivity index (χ0n) is 11.3. The van der Waals surface area contributed by atoms with Gasteiger partial charge in [-0.05, 0) is 18.2 Å². The van der Waals surface area contributed by atoms with Crippen LogP contribution < -0.4 is 0 Å². The van der Waals surface area contributed by atoms with Gasteiger partial charge in [0.1, 0.15) is 5.76 Å². The number of benzene rings is 2. The minimum absolute atomic E-state index is 0.104. The van der Waals surface area contributed by atoms with Gasteiger partial charge in [0.05, 0.1) is 17.4 Å². The van der Waals surface area contributed by atoms with Crippen LogP contribution in [0.2, 0.25) is 0 Å². The highest BCUT2D eigenvalue weighted by molar-refractivity contribution is 5.94. The molecule has 0 amide bonds. The molecule has 0 aliphatic rings. The lowest BCUT2D eigenvalue weighted by atomic mass is 9.99. The van der Waals surface area contributed by atoms with Crippen LogP contribution in [0.25, 0.3) is 22.1 Å². The van der Waals surface area contributed by atoms with Crippen LogP contribution in [-0.2, 0) is 12.4 Å². The van der Waals surface area contributed by atoms with Gasteiger partial charge in [0.25, 0.3) is 0 Å². The first kappa shape index (κ1) is 15.5. The number of furan rings is 1. The molecule has 0 atom stereocenters. The number of fused-ring (bicyclic) bond motifs is 1. The molecule has 120 valence electrons. The van der Waals surface area contributed by atoms with Crippen molar-refractivity contribution >= 4 is 10.8 Å². The van der Waals surface area contributed by atoms with Crippen LogP contribution in [0, 0.1) is 0 Å². The second kappa shape index (κ2) is 5.04. The Kier molecular flexibility index (Phi) is 3.39. The Hall–Kier alpha value is -2.44. The molecule has 3 rings (SSSR count). The molecule has 0 fully saturated rings. The standard InChI is InChI=1S/C16H8F6O/c17-15(18,19)10-5-6-12(13(7-10)16(20,21)22)14-11-4-2-1-3-9(11)8-23-14/h1-8H. The number of alkyl halides is 6. The van der Waals surface area contributed by atoms with Gasteiger partial charge in [-0.15, -0.1) is 0 Å². The number of hydrogen-bond donors (Lipinski definition) is 0. The summed E-state index contributed by atoms with van der Waals surface area (Å²) in [6.45, 7) is 0. The molecule has 0 aliphatic heterocycles. The van der Waals surface area contributed by atoms with Gasteiger partial charge in [0, 0.05) is 16.3 Å². The molecule has 3 aromatic rings. The van der Waals surface area contributed by atoms with Crippen molar-refractivity contribution in [1.82, 2.24) is 0 Å². The van der Waals surface area contributed by atoms with E-state index in [1.165, 1.54) is 6.26 Å². The number of hydrogen-bond acceptors (Lipinski definition) is 1. The van der Waals surface area contributed by atoms with Gasteiger partial charge < -0.3 is 4.42 Å². The molecule has 0 spiro atoms. The van der Waals surface area contributed by atoms with E-state index in [0.717, 1.165) is 6.07 Å². The maximum absolute atomic E-state index is 13.2. The third-order valence-electron chi connectivity index (χ3n) is 3.41. The minimum Gasteiger partial charge on any atom is -0.463 e. The van der Waals surface area contributed by atoms with E-state index in [-0.39, 0.29) is 11.8 Å². The highest BCUT2D eigenvalue weighted by atomic mass is 19.4. The zero-order valence-corrected chi connectivity index (χ0v) is 11.3. The van der Waals surface area contributed by atoms with Crippen molar-refractivity contribution in [3.05, 3.63) is 59.9 Å². The minimum atomic E-state index is -4.94. The highest BCUT2D eigenvalue weighted by Crippen LogP contribution is 2.42. The fourth-order valence-corrected chi connectivity index (χ4v) is 2.35. The Labute approximate surface area is 126 Å². The molecule has 1 nitrogen and oxygen atoms in total. The molecule has 1 heterocycles. The van der Waals surface area contributed by atoms with E-state index in [1.807, 2.05) is 0 Å². The Morgan fingerprint density at radius 3 is 2.13 bits per heavy atom. The largest absolute Gasteiger partial charge is 0.463 e. The fraction of sp³-hybridized carbons (Fsp3) is 0.125. The van der Waals surface area contributed by atoms with Crippen molar-refractivity contribution in [2.24, 2.45) is 0 Å². The van der Waals surface area contributed by atoms with Gasteiger partial charge >= 0.3 is 12.4 Å². The second-order valence-corrected chi connectivity index (χ2v) is 4.91. The van der Waals surface area contributed by atoms with E-state index in [4.69, 9.17) is 4.42 Å². The molecule has 23 heavy (non-hydrogen) atoms. The summed E-state index contributed by atoms with van der Waals surface area (Å²) in [7, 11) is 0. The molecule has 0 aliphatic carbocycles. The van der Waals surface area contributed by atoms with Crippen LogP contribution in [0.1, 0.15) is 11.1 Å². The zero-order chi connectivity index (χ0) is 16.8. The van der Waals surface area contributed by atoms with Gasteiger partial charge in [-0.25, -0.2) is 0 Å². The third kappa shape index (κ3) is 2.78. The van der Waals surface area contributed by atoms with E-state index in [0.29, 0.717) is 16.8 Å². The van der Waals surface area contributed by atoms with Crippen molar-refractivity contribution < 1.29 is 30.8 Å². The van der Waals surface area contributed by atoms with Crippen molar-refractivity contribution in [1.29, 1.82) is 0 Å². The Morgan fingerprint density at radius 2 is 1.48 bits per heavy atom. The average Bonchev–Trinajstić information content (AvgIpc) is 2.88. The first-order valence-electron chi connectivity index (χ1n) is 6.43. The quantitative estimate of drug-likeness (QED) is 0.489. The molecule has 0 saturated carbocycles. The maximum atomic E-state index is 13.2. The Balaban J connectivity index is 2.27. The van der Waals surface area contributed by atoms with E-state index < -0.39 is 29.0 Å². The second-order valence-electron chi connectivity index (χ2n) is 4.91. The first-order chi connectivity index (χ1) is 10.7. The first-order valence-corrected chi connectivity index (χ1v) is 6.43. The molecule has 7 heteroatoms. The van der Waals surface area contributed by atoms with Crippen molar-refractivity contribution in [2.75, 3.05) is 0 Å². The van der Waals surface area contributed by atoms with E-state index in [1.54, 1.807) is 24.3 Å². The van der Waals surface area contributed by atoms with Crippen molar-refractivity contribution in [3.8, 4) is 11.3 Å². The fourth-order valence-electron chi connectivity index (χ4n) is 2.35. The lowest BCUT2D eigenvalue weighted by molar-refractivity contribution is -0.142. The highest BCUT2D eigenvalue weighted by Gasteiger charge is 2.39. The van der Waals surface area contributed by atoms with Crippen LogP contribution in [0.3, 0.4) is 0 Å². The monoisotopic (exact) mass is 330 g/mol. The summed E-state index contributed by atoms with van der Waals surface area (Å²) in [5.41, 5.74) is -3.16. The summed E-state index contributed by atoms with van der Waals surface area (Å²) >= 11 is 0. The molecule has 0 saturated heterocycles. The molecule has 0 N–H and O–H groups in total. The van der Waals surface area contributed by atoms with Gasteiger partial charge in [-0.2, -0.15) is 26.3 Å². The third-order valence-corrected chi connectivity index (χ3v) is 3.41. The van der Waals surface area contributed by atoms with Crippen LogP contribution in [0.5, 0.6) is 0 Å². The molecule has 1 aromatic heterocycles. The molecule has 0 radical (unpaired) electrons. The van der Waals surface area contributed by atoms with Crippen molar-refractivity contribution in [2.45, 2.75) is 12.4 Å². The topological polar surface area (TPSA) is 13.1 Å². The molecule has 2 aromatic carbocycles. The van der Waals surface area contributed by atoms with Gasteiger partial charge in [-0.3, -0.25) is 0 Å². The van der Waals surface area contributed by atoms with E-state index in [9.17, 15) is 26.3 Å². The maximum Gasteiger partial charge on any atom is 0.417 e. The SMILES string of the molecule is FC(F)(F)c1ccc(-c2occ3ccccc23)c(C(F)(F)F)c1. The van der Waals surface area contributed by atoms with E-state index >= 15 is 0 Å². The Morgan fingerprint density at radius 1 is 0.783 bits per heavy atom. The molecular weight excluding hydrogens is 322 g/mol. The summed E-state index contributed by atoms with van der Waals surface area (Å²) in [6.07, 6.45) is -8.53. The smallest absolute Gasteiger partial charge is 0.417 e. The number of rotatable bonds is 1. The van der Waals surface area contributed by atoms with Gasteiger partial charge in [-0.1, -0.05) is 24.3 Å². The van der Waals surface area contributed by atoms with Crippen molar-refractivity contribution in [3.63, 3.8) is 0 Å². The number of halogens is 6. The lowest BCUT2D eigenvalue weighted by Crippen LogP contribution is -2.12. The normalized spacial score (nSPS) is 12.8. The lowest BCUT2D eigenvalue weighted by Gasteiger charge is -2.15. The van der Waals surface area contributed by atoms with Crippen LogP contribution >= 0.6 is 0 Å². The van der Waals surface area contributed by atoms with Crippen LogP contribution in [0.4, 0.5) is 26.3 Å². The summed E-state index contributed by atoms with van der Waals surface area (Å²) in [6, 6.07) is 7.98.